The maximum absolute atomic E-state index is 14.0. The summed E-state index contributed by atoms with van der Waals surface area (Å²) in [6.07, 6.45) is 1.37. The summed E-state index contributed by atoms with van der Waals surface area (Å²) in [4.78, 5) is 18.6. The lowest BCUT2D eigenvalue weighted by molar-refractivity contribution is 0.0204. The second-order valence-electron chi connectivity index (χ2n) is 8.17. The van der Waals surface area contributed by atoms with Gasteiger partial charge in [-0.3, -0.25) is 0 Å². The number of halogens is 2. The van der Waals surface area contributed by atoms with E-state index >= 15 is 0 Å². The summed E-state index contributed by atoms with van der Waals surface area (Å²) in [5, 5.41) is 0. The molecular formula is C22H26BrFN2O3. The Morgan fingerprint density at radius 3 is 2.62 bits per heavy atom. The molecule has 1 aliphatic rings. The maximum Gasteiger partial charge on any atom is 0.410 e. The number of ether oxygens (including phenoxy) is 2. The molecule has 0 atom stereocenters. The highest BCUT2D eigenvalue weighted by Gasteiger charge is 2.28. The Morgan fingerprint density at radius 1 is 1.24 bits per heavy atom. The van der Waals surface area contributed by atoms with Crippen molar-refractivity contribution >= 4 is 22.0 Å². The Labute approximate surface area is 179 Å². The van der Waals surface area contributed by atoms with Gasteiger partial charge in [0.15, 0.2) is 0 Å². The zero-order valence-corrected chi connectivity index (χ0v) is 18.5. The van der Waals surface area contributed by atoms with Crippen molar-refractivity contribution in [2.45, 2.75) is 51.7 Å². The van der Waals surface area contributed by atoms with Crippen molar-refractivity contribution in [3.63, 3.8) is 0 Å². The Morgan fingerprint density at radius 2 is 1.97 bits per heavy atom. The van der Waals surface area contributed by atoms with E-state index < -0.39 is 5.60 Å². The van der Waals surface area contributed by atoms with Crippen LogP contribution in [-0.4, -0.2) is 34.7 Å². The number of carbonyl (C=O) groups excluding carboxylic acids is 1. The molecule has 0 radical (unpaired) electrons. The van der Waals surface area contributed by atoms with Crippen LogP contribution in [0.3, 0.4) is 0 Å². The monoisotopic (exact) mass is 464 g/mol. The number of pyridine rings is 1. The van der Waals surface area contributed by atoms with Crippen LogP contribution in [0.5, 0.6) is 5.88 Å². The number of carbonyl (C=O) groups is 1. The molecule has 0 N–H and O–H groups in total. The van der Waals surface area contributed by atoms with Crippen LogP contribution in [0.15, 0.2) is 40.9 Å². The molecule has 156 valence electrons. The quantitative estimate of drug-likeness (QED) is 0.584. The van der Waals surface area contributed by atoms with Gasteiger partial charge >= 0.3 is 6.09 Å². The highest BCUT2D eigenvalue weighted by atomic mass is 79.9. The smallest absolute Gasteiger partial charge is 0.410 e. The number of hydrogen-bond donors (Lipinski definition) is 0. The third-order valence-electron chi connectivity index (χ3n) is 4.70. The normalized spacial score (nSPS) is 15.3. The summed E-state index contributed by atoms with van der Waals surface area (Å²) in [5.74, 6) is 0.408. The first kappa shape index (κ1) is 21.6. The van der Waals surface area contributed by atoms with Gasteiger partial charge in [0.1, 0.15) is 18.0 Å². The third kappa shape index (κ3) is 6.16. The number of hydrogen-bond acceptors (Lipinski definition) is 4. The van der Waals surface area contributed by atoms with Gasteiger partial charge in [0.25, 0.3) is 0 Å². The summed E-state index contributed by atoms with van der Waals surface area (Å²) in [6, 6.07) is 10.5. The Hall–Kier alpha value is -2.15. The molecule has 1 amide bonds. The summed E-state index contributed by atoms with van der Waals surface area (Å²) < 4.78 is 25.8. The highest BCUT2D eigenvalue weighted by Crippen LogP contribution is 2.29. The van der Waals surface area contributed by atoms with Gasteiger partial charge in [-0.25, -0.2) is 14.2 Å². The number of amides is 1. The number of likely N-dealkylation sites (tertiary alicyclic amines) is 1. The number of nitrogens with zero attached hydrogens (tertiary/aromatic N) is 2. The molecule has 0 spiro atoms. The number of benzene rings is 1. The molecular weight excluding hydrogens is 439 g/mol. The summed E-state index contributed by atoms with van der Waals surface area (Å²) in [7, 11) is 0. The minimum atomic E-state index is -0.491. The first-order valence-electron chi connectivity index (χ1n) is 9.73. The van der Waals surface area contributed by atoms with Gasteiger partial charge in [-0.1, -0.05) is 28.1 Å². The molecule has 0 bridgehead atoms. The van der Waals surface area contributed by atoms with Crippen molar-refractivity contribution in [3.05, 3.63) is 57.9 Å². The van der Waals surface area contributed by atoms with Gasteiger partial charge in [-0.2, -0.15) is 0 Å². The number of aromatic nitrogens is 1. The number of piperidine rings is 1. The van der Waals surface area contributed by atoms with Crippen molar-refractivity contribution in [2.24, 2.45) is 0 Å². The van der Waals surface area contributed by atoms with Gasteiger partial charge in [0.2, 0.25) is 5.88 Å². The molecule has 1 aromatic heterocycles. The lowest BCUT2D eigenvalue weighted by Gasteiger charge is -2.33. The van der Waals surface area contributed by atoms with E-state index in [1.165, 1.54) is 6.07 Å². The lowest BCUT2D eigenvalue weighted by atomic mass is 9.93. The Bertz CT molecular complexity index is 861. The maximum atomic E-state index is 14.0. The van der Waals surface area contributed by atoms with E-state index in [2.05, 4.69) is 20.9 Å². The summed E-state index contributed by atoms with van der Waals surface area (Å²) >= 11 is 3.25. The van der Waals surface area contributed by atoms with Crippen molar-refractivity contribution in [2.75, 3.05) is 13.1 Å². The largest absolute Gasteiger partial charge is 0.473 e. The Kier molecular flexibility index (Phi) is 6.77. The van der Waals surface area contributed by atoms with Crippen molar-refractivity contribution in [1.29, 1.82) is 0 Å². The van der Waals surface area contributed by atoms with E-state index in [-0.39, 0.29) is 24.4 Å². The predicted octanol–water partition coefficient (Wildman–Crippen LogP) is 5.68. The van der Waals surface area contributed by atoms with Crippen molar-refractivity contribution < 1.29 is 18.7 Å². The average Bonchev–Trinajstić information content (AvgIpc) is 2.66. The van der Waals surface area contributed by atoms with Gasteiger partial charge in [0.05, 0.1) is 0 Å². The molecule has 1 fully saturated rings. The van der Waals surface area contributed by atoms with Crippen molar-refractivity contribution in [3.8, 4) is 5.88 Å². The van der Waals surface area contributed by atoms with Crippen LogP contribution in [0.1, 0.15) is 50.8 Å². The topological polar surface area (TPSA) is 51.7 Å². The molecule has 2 heterocycles. The van der Waals surface area contributed by atoms with Crippen LogP contribution in [0.25, 0.3) is 0 Å². The second-order valence-corrected chi connectivity index (χ2v) is 9.08. The van der Waals surface area contributed by atoms with Gasteiger partial charge in [0, 0.05) is 40.8 Å². The van der Waals surface area contributed by atoms with E-state index in [0.29, 0.717) is 29.0 Å². The van der Waals surface area contributed by atoms with Crippen LogP contribution < -0.4 is 4.74 Å². The van der Waals surface area contributed by atoms with E-state index in [1.807, 2.05) is 32.9 Å². The van der Waals surface area contributed by atoms with Crippen LogP contribution in [0, 0.1) is 5.82 Å². The first-order chi connectivity index (χ1) is 13.7. The molecule has 7 heteroatoms. The minimum Gasteiger partial charge on any atom is -0.473 e. The molecule has 5 nitrogen and oxygen atoms in total. The lowest BCUT2D eigenvalue weighted by Crippen LogP contribution is -2.41. The molecule has 29 heavy (non-hydrogen) atoms. The van der Waals surface area contributed by atoms with Crippen LogP contribution in [-0.2, 0) is 11.3 Å². The fourth-order valence-electron chi connectivity index (χ4n) is 3.21. The molecule has 3 rings (SSSR count). The molecule has 0 unspecified atom stereocenters. The molecule has 0 aliphatic carbocycles. The molecule has 1 aromatic carbocycles. The van der Waals surface area contributed by atoms with Crippen LogP contribution >= 0.6 is 15.9 Å². The second kappa shape index (κ2) is 9.11. The van der Waals surface area contributed by atoms with Gasteiger partial charge in [-0.05, 0) is 51.8 Å². The van der Waals surface area contributed by atoms with E-state index in [4.69, 9.17) is 9.47 Å². The Balaban J connectivity index is 1.57. The third-order valence-corrected chi connectivity index (χ3v) is 5.19. The van der Waals surface area contributed by atoms with Gasteiger partial charge < -0.3 is 14.4 Å². The van der Waals surface area contributed by atoms with Crippen molar-refractivity contribution in [1.82, 2.24) is 9.88 Å². The fraction of sp³-hybridized carbons (Fsp3) is 0.455. The van der Waals surface area contributed by atoms with Gasteiger partial charge in [-0.15, -0.1) is 0 Å². The van der Waals surface area contributed by atoms with E-state index in [1.54, 1.807) is 23.1 Å². The van der Waals surface area contributed by atoms with Crippen LogP contribution in [0.4, 0.5) is 9.18 Å². The fourth-order valence-corrected chi connectivity index (χ4v) is 3.55. The number of rotatable bonds is 4. The highest BCUT2D eigenvalue weighted by molar-refractivity contribution is 9.10. The summed E-state index contributed by atoms with van der Waals surface area (Å²) in [5.41, 5.74) is 0.920. The minimum absolute atomic E-state index is 0.118. The zero-order valence-electron chi connectivity index (χ0n) is 17.0. The van der Waals surface area contributed by atoms with E-state index in [0.717, 1.165) is 18.5 Å². The molecule has 0 saturated carbocycles. The van der Waals surface area contributed by atoms with E-state index in [9.17, 15) is 9.18 Å². The first-order valence-corrected chi connectivity index (χ1v) is 10.5. The molecule has 1 saturated heterocycles. The SMILES string of the molecule is CC(C)(C)OC(=O)N1CCC(c2cccc(OCc3ccc(Br)cc3F)n2)CC1. The zero-order chi connectivity index (χ0) is 21.0. The molecule has 1 aliphatic heterocycles. The van der Waals surface area contributed by atoms with Crippen LogP contribution in [0.2, 0.25) is 0 Å². The molecule has 2 aromatic rings. The average molecular weight is 465 g/mol. The standard InChI is InChI=1S/C22H26BrFN2O3/c1-22(2,3)29-21(27)26-11-9-15(10-12-26)19-5-4-6-20(25-19)28-14-16-7-8-17(23)13-18(16)24/h4-8,13,15H,9-12,14H2,1-3H3. The summed E-state index contributed by atoms with van der Waals surface area (Å²) in [6.45, 7) is 6.99. The predicted molar refractivity (Wildman–Crippen MR) is 112 cm³/mol.